The molecule has 0 saturated heterocycles. The van der Waals surface area contributed by atoms with E-state index in [1.807, 2.05) is 11.4 Å². The van der Waals surface area contributed by atoms with Crippen LogP contribution in [0.25, 0.3) is 10.1 Å². The van der Waals surface area contributed by atoms with Gasteiger partial charge in [0.05, 0.1) is 0 Å². The van der Waals surface area contributed by atoms with Crippen LogP contribution >= 0.6 is 33.9 Å². The molecule has 2 rings (SSSR count). The molecule has 0 atom stereocenters. The van der Waals surface area contributed by atoms with Crippen LogP contribution < -0.4 is 11.2 Å². The second-order valence-electron chi connectivity index (χ2n) is 2.90. The van der Waals surface area contributed by atoms with Gasteiger partial charge in [0.2, 0.25) is 0 Å². The molecule has 1 aromatic carbocycles. The lowest BCUT2D eigenvalue weighted by Gasteiger charge is -2.05. The van der Waals surface area contributed by atoms with E-state index >= 15 is 0 Å². The lowest BCUT2D eigenvalue weighted by Crippen LogP contribution is -2.32. The topological polar surface area (TPSA) is 66.5 Å². The number of halogens is 1. The smallest absolute Gasteiger partial charge is 0.423 e. The highest BCUT2D eigenvalue weighted by Gasteiger charge is 2.19. The van der Waals surface area contributed by atoms with Crippen LogP contribution in [0.15, 0.2) is 17.5 Å². The molecule has 0 aliphatic heterocycles. The lowest BCUT2D eigenvalue weighted by atomic mass is 9.78. The molecule has 0 spiro atoms. The van der Waals surface area contributed by atoms with Gasteiger partial charge in [0.1, 0.15) is 0 Å². The summed E-state index contributed by atoms with van der Waals surface area (Å²) in [5, 5.41) is 21.4. The fourth-order valence-corrected chi connectivity index (χ4v) is 3.39. The van der Waals surface area contributed by atoms with E-state index in [0.29, 0.717) is 11.2 Å². The standard InChI is InChI=1S/C8H7BINO2S/c10-5-3-14-8-4(5)1-2-6(11)7(8)9(12)13/h1-3,12-13H,11H2. The van der Waals surface area contributed by atoms with E-state index in [0.717, 1.165) is 13.7 Å². The number of benzene rings is 1. The van der Waals surface area contributed by atoms with Gasteiger partial charge in [-0.1, -0.05) is 6.07 Å². The molecule has 0 aliphatic carbocycles. The van der Waals surface area contributed by atoms with Crippen LogP contribution in [0.3, 0.4) is 0 Å². The zero-order valence-electron chi connectivity index (χ0n) is 7.07. The number of hydrogen-bond acceptors (Lipinski definition) is 4. The Morgan fingerprint density at radius 1 is 1.36 bits per heavy atom. The van der Waals surface area contributed by atoms with Gasteiger partial charge in [-0.05, 0) is 28.7 Å². The molecule has 3 nitrogen and oxygen atoms in total. The third kappa shape index (κ3) is 1.52. The highest BCUT2D eigenvalue weighted by Crippen LogP contribution is 2.27. The zero-order chi connectivity index (χ0) is 10.3. The Kier molecular flexibility index (Phi) is 2.69. The van der Waals surface area contributed by atoms with E-state index in [1.54, 1.807) is 6.07 Å². The minimum Gasteiger partial charge on any atom is -0.423 e. The first kappa shape index (κ1) is 10.2. The first-order chi connectivity index (χ1) is 6.61. The number of thiophene rings is 1. The molecular formula is C8H7BINO2S. The second-order valence-corrected chi connectivity index (χ2v) is 4.94. The van der Waals surface area contributed by atoms with E-state index < -0.39 is 7.12 Å². The van der Waals surface area contributed by atoms with Crippen molar-refractivity contribution in [2.45, 2.75) is 0 Å². The molecule has 0 aliphatic rings. The molecule has 0 saturated carbocycles. The molecular weight excluding hydrogens is 312 g/mol. The van der Waals surface area contributed by atoms with Gasteiger partial charge in [0.15, 0.2) is 0 Å². The first-order valence-corrected chi connectivity index (χ1v) is 5.88. The van der Waals surface area contributed by atoms with Gasteiger partial charge in [-0.25, -0.2) is 0 Å². The van der Waals surface area contributed by atoms with Gasteiger partial charge < -0.3 is 15.8 Å². The summed E-state index contributed by atoms with van der Waals surface area (Å²) in [7, 11) is -1.51. The van der Waals surface area contributed by atoms with Crippen molar-refractivity contribution in [3.63, 3.8) is 0 Å². The summed E-state index contributed by atoms with van der Waals surface area (Å²) in [5.41, 5.74) is 6.52. The summed E-state index contributed by atoms with van der Waals surface area (Å²) in [5.74, 6) is 0. The van der Waals surface area contributed by atoms with Crippen LogP contribution in [0, 0.1) is 3.57 Å². The normalized spacial score (nSPS) is 10.8. The van der Waals surface area contributed by atoms with Gasteiger partial charge in [-0.15, -0.1) is 11.3 Å². The van der Waals surface area contributed by atoms with Crippen molar-refractivity contribution in [3.05, 3.63) is 21.1 Å². The van der Waals surface area contributed by atoms with Crippen molar-refractivity contribution in [1.82, 2.24) is 0 Å². The summed E-state index contributed by atoms with van der Waals surface area (Å²) in [6, 6.07) is 3.60. The van der Waals surface area contributed by atoms with Crippen molar-refractivity contribution < 1.29 is 10.0 Å². The van der Waals surface area contributed by atoms with Crippen molar-refractivity contribution in [2.75, 3.05) is 5.73 Å². The molecule has 1 heterocycles. The Morgan fingerprint density at radius 2 is 2.07 bits per heavy atom. The predicted octanol–water partition coefficient (Wildman–Crippen LogP) is 0.768. The van der Waals surface area contributed by atoms with Gasteiger partial charge in [0, 0.05) is 30.2 Å². The zero-order valence-corrected chi connectivity index (χ0v) is 10.0. The Balaban J connectivity index is 2.83. The second kappa shape index (κ2) is 3.69. The summed E-state index contributed by atoms with van der Waals surface area (Å²) in [6.45, 7) is 0. The Hall–Kier alpha value is -0.305. The highest BCUT2D eigenvalue weighted by atomic mass is 127. The van der Waals surface area contributed by atoms with Gasteiger partial charge in [-0.3, -0.25) is 0 Å². The maximum absolute atomic E-state index is 9.19. The predicted molar refractivity (Wildman–Crippen MR) is 68.8 cm³/mol. The maximum atomic E-state index is 9.19. The Labute approximate surface area is 98.8 Å². The summed E-state index contributed by atoms with van der Waals surface area (Å²) in [4.78, 5) is 0. The molecule has 14 heavy (non-hydrogen) atoms. The minimum absolute atomic E-state index is 0.412. The molecule has 6 heteroatoms. The summed E-state index contributed by atoms with van der Waals surface area (Å²) >= 11 is 3.69. The largest absolute Gasteiger partial charge is 0.492 e. The van der Waals surface area contributed by atoms with Crippen molar-refractivity contribution in [1.29, 1.82) is 0 Å². The van der Waals surface area contributed by atoms with Crippen molar-refractivity contribution in [2.24, 2.45) is 0 Å². The highest BCUT2D eigenvalue weighted by molar-refractivity contribution is 14.1. The van der Waals surface area contributed by atoms with Crippen molar-refractivity contribution >= 4 is 62.3 Å². The molecule has 0 unspecified atom stereocenters. The van der Waals surface area contributed by atoms with Crippen LogP contribution in [-0.2, 0) is 0 Å². The van der Waals surface area contributed by atoms with Crippen LogP contribution in [0.1, 0.15) is 0 Å². The fraction of sp³-hybridized carbons (Fsp3) is 0. The first-order valence-electron chi connectivity index (χ1n) is 3.92. The van der Waals surface area contributed by atoms with Gasteiger partial charge >= 0.3 is 7.12 Å². The monoisotopic (exact) mass is 319 g/mol. The molecule has 72 valence electrons. The number of fused-ring (bicyclic) bond motifs is 1. The number of nitrogen functional groups attached to an aromatic ring is 1. The van der Waals surface area contributed by atoms with Gasteiger partial charge in [0.25, 0.3) is 0 Å². The molecule has 0 amide bonds. The van der Waals surface area contributed by atoms with Crippen molar-refractivity contribution in [3.8, 4) is 0 Å². The van der Waals surface area contributed by atoms with E-state index in [4.69, 9.17) is 5.73 Å². The third-order valence-corrected chi connectivity index (χ3v) is 4.37. The molecule has 0 radical (unpaired) electrons. The Morgan fingerprint density at radius 3 is 2.71 bits per heavy atom. The van der Waals surface area contributed by atoms with E-state index in [9.17, 15) is 10.0 Å². The number of rotatable bonds is 1. The average Bonchev–Trinajstić information content (AvgIpc) is 2.47. The minimum atomic E-state index is -1.51. The molecule has 0 bridgehead atoms. The summed E-state index contributed by atoms with van der Waals surface area (Å²) < 4.78 is 1.95. The molecule has 4 N–H and O–H groups in total. The lowest BCUT2D eigenvalue weighted by molar-refractivity contribution is 0.426. The van der Waals surface area contributed by atoms with Crippen LogP contribution in [0.4, 0.5) is 5.69 Å². The number of hydrogen-bond donors (Lipinski definition) is 3. The molecule has 1 aromatic heterocycles. The maximum Gasteiger partial charge on any atom is 0.492 e. The summed E-state index contributed by atoms with van der Waals surface area (Å²) in [6.07, 6.45) is 0. The number of nitrogens with two attached hydrogens (primary N) is 1. The average molecular weight is 319 g/mol. The SMILES string of the molecule is Nc1ccc2c(I)csc2c1B(O)O. The number of anilines is 1. The van der Waals surface area contributed by atoms with Crippen LogP contribution in [-0.4, -0.2) is 17.2 Å². The van der Waals surface area contributed by atoms with Crippen LogP contribution in [0.5, 0.6) is 0 Å². The molecule has 2 aromatic rings. The third-order valence-electron chi connectivity index (χ3n) is 2.03. The van der Waals surface area contributed by atoms with E-state index in [2.05, 4.69) is 22.6 Å². The fourth-order valence-electron chi connectivity index (χ4n) is 1.37. The van der Waals surface area contributed by atoms with E-state index in [1.165, 1.54) is 11.3 Å². The van der Waals surface area contributed by atoms with Crippen LogP contribution in [0.2, 0.25) is 0 Å². The van der Waals surface area contributed by atoms with E-state index in [-0.39, 0.29) is 0 Å². The van der Waals surface area contributed by atoms with Gasteiger partial charge in [-0.2, -0.15) is 0 Å². The quantitative estimate of drug-likeness (QED) is 0.413. The Bertz CT molecular complexity index is 485. The molecule has 0 fully saturated rings.